The van der Waals surface area contributed by atoms with E-state index in [2.05, 4.69) is 5.32 Å². The molecule has 0 aromatic heterocycles. The van der Waals surface area contributed by atoms with Crippen LogP contribution in [0.15, 0.2) is 65.6 Å². The van der Waals surface area contributed by atoms with Crippen molar-refractivity contribution >= 4 is 38.9 Å². The quantitative estimate of drug-likeness (QED) is 0.422. The maximum atomic E-state index is 13.2. The number of nitrogens with one attached hydrogen (secondary N) is 1. The number of rotatable bonds is 5. The number of nitro benzene ring substituents is 1. The van der Waals surface area contributed by atoms with Gasteiger partial charge in [-0.2, -0.15) is 4.31 Å². The molecule has 1 amide bonds. The second kappa shape index (κ2) is 8.89. The molecule has 0 fully saturated rings. The van der Waals surface area contributed by atoms with Crippen LogP contribution in [0.4, 0.5) is 15.8 Å². The third-order valence-electron chi connectivity index (χ3n) is 5.29. The van der Waals surface area contributed by atoms with Gasteiger partial charge in [0.05, 0.1) is 9.82 Å². The molecule has 0 saturated heterocycles. The molecule has 33 heavy (non-hydrogen) atoms. The van der Waals surface area contributed by atoms with Crippen LogP contribution < -0.4 is 5.32 Å². The van der Waals surface area contributed by atoms with Crippen molar-refractivity contribution in [1.82, 2.24) is 4.31 Å². The molecule has 1 N–H and O–H groups in total. The van der Waals surface area contributed by atoms with E-state index in [1.165, 1.54) is 28.6 Å². The largest absolute Gasteiger partial charge is 0.322 e. The lowest BCUT2D eigenvalue weighted by Gasteiger charge is -2.28. The Morgan fingerprint density at radius 1 is 1.06 bits per heavy atom. The Bertz CT molecular complexity index is 1360. The maximum absolute atomic E-state index is 13.2. The molecular weight excluding hydrogens is 473 g/mol. The van der Waals surface area contributed by atoms with Gasteiger partial charge in [0, 0.05) is 29.9 Å². The lowest BCUT2D eigenvalue weighted by Crippen LogP contribution is -2.36. The van der Waals surface area contributed by atoms with E-state index in [1.54, 1.807) is 18.2 Å². The number of sulfonamides is 1. The van der Waals surface area contributed by atoms with Gasteiger partial charge in [-0.1, -0.05) is 17.7 Å². The second-order valence-corrected chi connectivity index (χ2v) is 9.77. The summed E-state index contributed by atoms with van der Waals surface area (Å²) in [6, 6.07) is 13.4. The molecule has 1 heterocycles. The number of carbonyl (C=O) groups excluding carboxylic acids is 1. The van der Waals surface area contributed by atoms with Crippen molar-refractivity contribution < 1.29 is 22.5 Å². The zero-order chi connectivity index (χ0) is 23.8. The number of nitro groups is 1. The summed E-state index contributed by atoms with van der Waals surface area (Å²) in [5.74, 6) is -1.24. The van der Waals surface area contributed by atoms with Crippen LogP contribution in [0.2, 0.25) is 5.02 Å². The minimum absolute atomic E-state index is 0.00919. The molecule has 8 nitrogen and oxygen atoms in total. The Hall–Kier alpha value is -3.34. The van der Waals surface area contributed by atoms with Crippen molar-refractivity contribution in [3.8, 4) is 0 Å². The molecule has 4 rings (SSSR count). The molecule has 0 aliphatic carbocycles. The predicted molar refractivity (Wildman–Crippen MR) is 120 cm³/mol. The summed E-state index contributed by atoms with van der Waals surface area (Å²) < 4.78 is 40.4. The van der Waals surface area contributed by atoms with Crippen LogP contribution in [0.3, 0.4) is 0 Å². The number of nitrogens with zero attached hydrogens (tertiary/aromatic N) is 2. The number of benzene rings is 3. The second-order valence-electron chi connectivity index (χ2n) is 7.40. The summed E-state index contributed by atoms with van der Waals surface area (Å²) in [5.41, 5.74) is 1.39. The van der Waals surface area contributed by atoms with E-state index >= 15 is 0 Å². The third kappa shape index (κ3) is 4.72. The highest BCUT2D eigenvalue weighted by Crippen LogP contribution is 2.28. The Kier molecular flexibility index (Phi) is 6.15. The van der Waals surface area contributed by atoms with E-state index in [1.807, 2.05) is 0 Å². The first kappa shape index (κ1) is 22.8. The summed E-state index contributed by atoms with van der Waals surface area (Å²) in [7, 11) is -3.83. The number of fused-ring (bicyclic) bond motifs is 1. The van der Waals surface area contributed by atoms with Gasteiger partial charge in [-0.3, -0.25) is 14.9 Å². The van der Waals surface area contributed by atoms with Gasteiger partial charge in [-0.15, -0.1) is 0 Å². The molecule has 0 atom stereocenters. The number of carbonyl (C=O) groups is 1. The van der Waals surface area contributed by atoms with Gasteiger partial charge in [0.15, 0.2) is 0 Å². The van der Waals surface area contributed by atoms with Crippen molar-refractivity contribution in [2.75, 3.05) is 11.9 Å². The van der Waals surface area contributed by atoms with Crippen LogP contribution in [0.25, 0.3) is 0 Å². The average Bonchev–Trinajstić information content (AvgIpc) is 2.78. The molecule has 170 valence electrons. The first-order valence-corrected chi connectivity index (χ1v) is 11.6. The van der Waals surface area contributed by atoms with E-state index in [-0.39, 0.29) is 34.3 Å². The average molecular weight is 490 g/mol. The predicted octanol–water partition coefficient (Wildman–Crippen LogP) is 4.39. The van der Waals surface area contributed by atoms with Crippen LogP contribution in [-0.2, 0) is 23.0 Å². The molecule has 1 aliphatic heterocycles. The lowest BCUT2D eigenvalue weighted by molar-refractivity contribution is -0.385. The normalized spacial score (nSPS) is 13.9. The number of anilines is 1. The maximum Gasteiger partial charge on any atom is 0.282 e. The third-order valence-corrected chi connectivity index (χ3v) is 7.39. The minimum atomic E-state index is -3.83. The van der Waals surface area contributed by atoms with Crippen LogP contribution in [0, 0.1) is 15.9 Å². The minimum Gasteiger partial charge on any atom is -0.322 e. The fourth-order valence-corrected chi connectivity index (χ4v) is 5.21. The first-order valence-electron chi connectivity index (χ1n) is 9.78. The molecule has 0 radical (unpaired) electrons. The molecule has 1 aliphatic rings. The van der Waals surface area contributed by atoms with Gasteiger partial charge >= 0.3 is 0 Å². The fourth-order valence-electron chi connectivity index (χ4n) is 3.62. The number of halogens is 2. The standard InChI is InChI=1S/C22H17ClFN3O5S/c23-16-2-8-21(27(29)30)20(12-16)22(28)25-18-5-1-14-9-10-26(13-15(14)11-18)33(31,32)19-6-3-17(24)4-7-19/h1-8,11-12H,9-10,13H2,(H,25,28). The highest BCUT2D eigenvalue weighted by Gasteiger charge is 2.29. The summed E-state index contributed by atoms with van der Waals surface area (Å²) in [6.07, 6.45) is 0.462. The topological polar surface area (TPSA) is 110 Å². The van der Waals surface area contributed by atoms with Crippen molar-refractivity contribution in [3.05, 3.63) is 98.3 Å². The van der Waals surface area contributed by atoms with Gasteiger partial charge in [-0.25, -0.2) is 12.8 Å². The van der Waals surface area contributed by atoms with Crippen molar-refractivity contribution in [1.29, 1.82) is 0 Å². The lowest BCUT2D eigenvalue weighted by atomic mass is 10.0. The Morgan fingerprint density at radius 3 is 2.48 bits per heavy atom. The summed E-state index contributed by atoms with van der Waals surface area (Å²) in [6.45, 7) is 0.323. The zero-order valence-electron chi connectivity index (χ0n) is 17.0. The summed E-state index contributed by atoms with van der Waals surface area (Å²) in [5, 5.41) is 14.0. The van der Waals surface area contributed by atoms with E-state index in [9.17, 15) is 27.7 Å². The SMILES string of the molecule is O=C(Nc1ccc2c(c1)CN(S(=O)(=O)c1ccc(F)cc1)CC2)c1cc(Cl)ccc1[N+](=O)[O-]. The van der Waals surface area contributed by atoms with E-state index in [0.29, 0.717) is 17.7 Å². The fraction of sp³-hybridized carbons (Fsp3) is 0.136. The van der Waals surface area contributed by atoms with Crippen LogP contribution in [0.1, 0.15) is 21.5 Å². The molecular formula is C22H17ClFN3O5S. The molecule has 0 unspecified atom stereocenters. The highest BCUT2D eigenvalue weighted by atomic mass is 35.5. The summed E-state index contributed by atoms with van der Waals surface area (Å²) in [4.78, 5) is 23.3. The number of hydrogen-bond acceptors (Lipinski definition) is 5. The van der Waals surface area contributed by atoms with Gasteiger partial charge in [-0.05, 0) is 66.1 Å². The van der Waals surface area contributed by atoms with Crippen LogP contribution >= 0.6 is 11.6 Å². The van der Waals surface area contributed by atoms with Crippen molar-refractivity contribution in [2.45, 2.75) is 17.9 Å². The van der Waals surface area contributed by atoms with Crippen molar-refractivity contribution in [2.24, 2.45) is 0 Å². The molecule has 3 aromatic rings. The summed E-state index contributed by atoms with van der Waals surface area (Å²) >= 11 is 5.90. The monoisotopic (exact) mass is 489 g/mol. The number of hydrogen-bond donors (Lipinski definition) is 1. The number of amides is 1. The Labute approximate surface area is 193 Å². The molecule has 0 saturated carbocycles. The molecule has 0 spiro atoms. The molecule has 0 bridgehead atoms. The van der Waals surface area contributed by atoms with E-state index in [0.717, 1.165) is 23.8 Å². The van der Waals surface area contributed by atoms with Crippen LogP contribution in [0.5, 0.6) is 0 Å². The van der Waals surface area contributed by atoms with Crippen molar-refractivity contribution in [3.63, 3.8) is 0 Å². The van der Waals surface area contributed by atoms with E-state index in [4.69, 9.17) is 11.6 Å². The van der Waals surface area contributed by atoms with Gasteiger partial charge in [0.2, 0.25) is 10.0 Å². The zero-order valence-corrected chi connectivity index (χ0v) is 18.6. The van der Waals surface area contributed by atoms with E-state index < -0.39 is 26.7 Å². The first-order chi connectivity index (χ1) is 15.6. The highest BCUT2D eigenvalue weighted by molar-refractivity contribution is 7.89. The van der Waals surface area contributed by atoms with Crippen LogP contribution in [-0.4, -0.2) is 30.1 Å². The molecule has 11 heteroatoms. The Balaban J connectivity index is 1.57. The van der Waals surface area contributed by atoms with Gasteiger partial charge in [0.25, 0.3) is 11.6 Å². The van der Waals surface area contributed by atoms with Gasteiger partial charge < -0.3 is 5.32 Å². The Morgan fingerprint density at radius 2 is 1.79 bits per heavy atom. The molecule has 3 aromatic carbocycles. The smallest absolute Gasteiger partial charge is 0.282 e. The van der Waals surface area contributed by atoms with Gasteiger partial charge in [0.1, 0.15) is 11.4 Å².